The van der Waals surface area contributed by atoms with Crippen LogP contribution in [0.15, 0.2) is 42.5 Å². The third-order valence-corrected chi connectivity index (χ3v) is 4.30. The summed E-state index contributed by atoms with van der Waals surface area (Å²) >= 11 is 3.84. The fraction of sp³-hybridized carbons (Fsp3) is 0.375. The molecule has 1 atom stereocenters. The van der Waals surface area contributed by atoms with Gasteiger partial charge in [0.25, 0.3) is 0 Å². The molecule has 0 radical (unpaired) electrons. The Morgan fingerprint density at radius 2 is 1.82 bits per heavy atom. The molecule has 0 aromatic heterocycles. The number of alkyl halides is 1. The maximum atomic E-state index is 3.84. The van der Waals surface area contributed by atoms with Crippen LogP contribution in [-0.4, -0.2) is 4.83 Å². The molecule has 0 aliphatic heterocycles. The van der Waals surface area contributed by atoms with Gasteiger partial charge in [0.2, 0.25) is 0 Å². The van der Waals surface area contributed by atoms with Crippen molar-refractivity contribution in [3.63, 3.8) is 0 Å². The molecule has 0 N–H and O–H groups in total. The topological polar surface area (TPSA) is 0 Å². The fourth-order valence-corrected chi connectivity index (χ4v) is 3.39. The van der Waals surface area contributed by atoms with Crippen LogP contribution in [0.4, 0.5) is 0 Å². The standard InChI is InChI=1S/C16H17Br/c17-15(10-12-8-9-12)11-14-6-3-5-13-4-1-2-7-16(13)14/h1-7,12,15H,8-11H2. The zero-order valence-corrected chi connectivity index (χ0v) is 11.5. The smallest absolute Gasteiger partial charge is 0.0189 e. The van der Waals surface area contributed by atoms with Crippen molar-refractivity contribution in [2.75, 3.05) is 0 Å². The number of halogens is 1. The van der Waals surface area contributed by atoms with Crippen molar-refractivity contribution >= 4 is 26.7 Å². The summed E-state index contributed by atoms with van der Waals surface area (Å²) in [6.45, 7) is 0. The van der Waals surface area contributed by atoms with Crippen LogP contribution in [0, 0.1) is 5.92 Å². The van der Waals surface area contributed by atoms with Crippen molar-refractivity contribution in [2.45, 2.75) is 30.5 Å². The molecule has 0 amide bonds. The molecule has 17 heavy (non-hydrogen) atoms. The molecule has 1 unspecified atom stereocenters. The summed E-state index contributed by atoms with van der Waals surface area (Å²) in [7, 11) is 0. The molecule has 1 heteroatoms. The van der Waals surface area contributed by atoms with E-state index >= 15 is 0 Å². The van der Waals surface area contributed by atoms with Crippen LogP contribution in [-0.2, 0) is 6.42 Å². The predicted octanol–water partition coefficient (Wildman–Crippen LogP) is 4.95. The molecule has 2 aromatic carbocycles. The van der Waals surface area contributed by atoms with E-state index in [2.05, 4.69) is 58.4 Å². The average molecular weight is 289 g/mol. The summed E-state index contributed by atoms with van der Waals surface area (Å²) in [4.78, 5) is 0.640. The van der Waals surface area contributed by atoms with Crippen molar-refractivity contribution in [2.24, 2.45) is 5.92 Å². The molecule has 1 fully saturated rings. The predicted molar refractivity (Wildman–Crippen MR) is 77.7 cm³/mol. The summed E-state index contributed by atoms with van der Waals surface area (Å²) in [6, 6.07) is 15.3. The molecule has 0 nitrogen and oxygen atoms in total. The van der Waals surface area contributed by atoms with Crippen LogP contribution in [0.3, 0.4) is 0 Å². The highest BCUT2D eigenvalue weighted by Crippen LogP contribution is 2.36. The van der Waals surface area contributed by atoms with Crippen molar-refractivity contribution in [1.29, 1.82) is 0 Å². The summed E-state index contributed by atoms with van der Waals surface area (Å²) in [5, 5.41) is 2.77. The zero-order chi connectivity index (χ0) is 11.7. The lowest BCUT2D eigenvalue weighted by molar-refractivity contribution is 0.692. The second-order valence-corrected chi connectivity index (χ2v) is 6.41. The Balaban J connectivity index is 1.83. The van der Waals surface area contributed by atoms with Crippen LogP contribution in [0.25, 0.3) is 10.8 Å². The maximum Gasteiger partial charge on any atom is 0.0189 e. The minimum atomic E-state index is 0.640. The Morgan fingerprint density at radius 3 is 2.65 bits per heavy atom. The van der Waals surface area contributed by atoms with E-state index in [1.54, 1.807) is 0 Å². The first kappa shape index (κ1) is 11.3. The normalized spacial score (nSPS) is 17.2. The minimum absolute atomic E-state index is 0.640. The number of fused-ring (bicyclic) bond motifs is 1. The Morgan fingerprint density at radius 1 is 1.06 bits per heavy atom. The summed E-state index contributed by atoms with van der Waals surface area (Å²) in [6.07, 6.45) is 5.37. The molecule has 2 aromatic rings. The van der Waals surface area contributed by atoms with Crippen molar-refractivity contribution in [3.05, 3.63) is 48.0 Å². The summed E-state index contributed by atoms with van der Waals surface area (Å²) in [5.41, 5.74) is 1.48. The van der Waals surface area contributed by atoms with Gasteiger partial charge in [-0.25, -0.2) is 0 Å². The Hall–Kier alpha value is -0.820. The van der Waals surface area contributed by atoms with E-state index in [0.717, 1.165) is 12.3 Å². The van der Waals surface area contributed by atoms with Crippen LogP contribution >= 0.6 is 15.9 Å². The van der Waals surface area contributed by atoms with E-state index in [0.29, 0.717) is 4.83 Å². The second-order valence-electron chi connectivity index (χ2n) is 5.12. The molecule has 3 rings (SSSR count). The quantitative estimate of drug-likeness (QED) is 0.699. The molecule has 0 bridgehead atoms. The van der Waals surface area contributed by atoms with E-state index in [-0.39, 0.29) is 0 Å². The number of hydrogen-bond donors (Lipinski definition) is 0. The monoisotopic (exact) mass is 288 g/mol. The van der Waals surface area contributed by atoms with Gasteiger partial charge in [0, 0.05) is 4.83 Å². The molecular weight excluding hydrogens is 272 g/mol. The molecule has 0 saturated heterocycles. The number of hydrogen-bond acceptors (Lipinski definition) is 0. The number of benzene rings is 2. The number of rotatable bonds is 4. The molecule has 0 spiro atoms. The lowest BCUT2D eigenvalue weighted by Gasteiger charge is -2.11. The van der Waals surface area contributed by atoms with E-state index in [9.17, 15) is 0 Å². The lowest BCUT2D eigenvalue weighted by Crippen LogP contribution is -2.04. The lowest BCUT2D eigenvalue weighted by atomic mass is 9.99. The first-order chi connectivity index (χ1) is 8.33. The SMILES string of the molecule is BrC(Cc1cccc2ccccc12)CC1CC1. The van der Waals surface area contributed by atoms with Crippen molar-refractivity contribution < 1.29 is 0 Å². The largest absolute Gasteiger partial charge is 0.0887 e. The maximum absolute atomic E-state index is 3.84. The molecule has 1 saturated carbocycles. The van der Waals surface area contributed by atoms with Gasteiger partial charge in [0.15, 0.2) is 0 Å². The van der Waals surface area contributed by atoms with E-state index < -0.39 is 0 Å². The first-order valence-electron chi connectivity index (χ1n) is 6.43. The van der Waals surface area contributed by atoms with Crippen molar-refractivity contribution in [3.8, 4) is 0 Å². The Labute approximate surface area is 111 Å². The van der Waals surface area contributed by atoms with E-state index in [1.165, 1.54) is 35.6 Å². The van der Waals surface area contributed by atoms with Gasteiger partial charge in [-0.15, -0.1) is 0 Å². The third kappa shape index (κ3) is 2.71. The highest BCUT2D eigenvalue weighted by atomic mass is 79.9. The summed E-state index contributed by atoms with van der Waals surface area (Å²) in [5.74, 6) is 0.995. The molecule has 1 aliphatic rings. The van der Waals surface area contributed by atoms with Gasteiger partial charge in [0.05, 0.1) is 0 Å². The van der Waals surface area contributed by atoms with Gasteiger partial charge in [-0.2, -0.15) is 0 Å². The highest BCUT2D eigenvalue weighted by molar-refractivity contribution is 9.09. The Kier molecular flexibility index (Phi) is 3.19. The van der Waals surface area contributed by atoms with Gasteiger partial charge >= 0.3 is 0 Å². The van der Waals surface area contributed by atoms with Gasteiger partial charge in [-0.05, 0) is 35.1 Å². The van der Waals surface area contributed by atoms with E-state index in [1.807, 2.05) is 0 Å². The average Bonchev–Trinajstić information content (AvgIpc) is 3.13. The minimum Gasteiger partial charge on any atom is -0.0887 e. The van der Waals surface area contributed by atoms with Gasteiger partial charge in [-0.3, -0.25) is 0 Å². The van der Waals surface area contributed by atoms with Gasteiger partial charge in [-0.1, -0.05) is 71.2 Å². The third-order valence-electron chi connectivity index (χ3n) is 3.61. The van der Waals surface area contributed by atoms with Gasteiger partial charge < -0.3 is 0 Å². The van der Waals surface area contributed by atoms with Crippen LogP contribution < -0.4 is 0 Å². The molecule has 1 aliphatic carbocycles. The van der Waals surface area contributed by atoms with Crippen LogP contribution in [0.1, 0.15) is 24.8 Å². The fourth-order valence-electron chi connectivity index (χ4n) is 2.51. The van der Waals surface area contributed by atoms with E-state index in [4.69, 9.17) is 0 Å². The zero-order valence-electron chi connectivity index (χ0n) is 9.90. The van der Waals surface area contributed by atoms with Crippen LogP contribution in [0.5, 0.6) is 0 Å². The van der Waals surface area contributed by atoms with Crippen LogP contribution in [0.2, 0.25) is 0 Å². The Bertz CT molecular complexity index is 508. The molecule has 88 valence electrons. The molecule has 0 heterocycles. The van der Waals surface area contributed by atoms with Gasteiger partial charge in [0.1, 0.15) is 0 Å². The molecular formula is C16H17Br. The summed E-state index contributed by atoms with van der Waals surface area (Å²) < 4.78 is 0. The highest BCUT2D eigenvalue weighted by Gasteiger charge is 2.24. The second kappa shape index (κ2) is 4.81. The van der Waals surface area contributed by atoms with Crippen molar-refractivity contribution in [1.82, 2.24) is 0 Å². The first-order valence-corrected chi connectivity index (χ1v) is 7.35.